The van der Waals surface area contributed by atoms with E-state index in [1.165, 1.54) is 12.0 Å². The number of methoxy groups -OCH3 is 1. The van der Waals surface area contributed by atoms with Crippen LogP contribution in [0, 0.1) is 0 Å². The largest absolute Gasteiger partial charge is 0.467 e. The van der Waals surface area contributed by atoms with E-state index in [2.05, 4.69) is 11.7 Å². The Balaban J connectivity index is 2.46. The van der Waals surface area contributed by atoms with Gasteiger partial charge in [0.05, 0.1) is 19.0 Å². The Kier molecular flexibility index (Phi) is 6.49. The molecule has 6 heteroatoms. The maximum absolute atomic E-state index is 12.0. The van der Waals surface area contributed by atoms with Crippen LogP contribution in [0.25, 0.3) is 0 Å². The van der Waals surface area contributed by atoms with Gasteiger partial charge in [-0.05, 0) is 12.2 Å². The number of amides is 1. The van der Waals surface area contributed by atoms with Gasteiger partial charge in [-0.15, -0.1) is 0 Å². The summed E-state index contributed by atoms with van der Waals surface area (Å²) in [5.74, 6) is 0.767. The second kappa shape index (κ2) is 7.63. The molecule has 1 fully saturated rings. The number of thioether (sulfide) groups is 1. The molecule has 0 saturated carbocycles. The number of aliphatic hydroxyl groups is 1. The summed E-state index contributed by atoms with van der Waals surface area (Å²) in [5, 5.41) is 9.56. The zero-order valence-electron chi connectivity index (χ0n) is 10.9. The molecule has 0 radical (unpaired) electrons. The summed E-state index contributed by atoms with van der Waals surface area (Å²) in [7, 11) is 1.30. The molecule has 1 saturated heterocycles. The van der Waals surface area contributed by atoms with Gasteiger partial charge < -0.3 is 14.7 Å². The SMILES string of the molecule is CCCCSCC(=O)N1CC(O)CC1C(=O)OC. The lowest BCUT2D eigenvalue weighted by molar-refractivity contribution is -0.150. The van der Waals surface area contributed by atoms with Gasteiger partial charge in [0.2, 0.25) is 5.91 Å². The highest BCUT2D eigenvalue weighted by Crippen LogP contribution is 2.20. The molecule has 18 heavy (non-hydrogen) atoms. The van der Waals surface area contributed by atoms with Gasteiger partial charge in [0.25, 0.3) is 0 Å². The van der Waals surface area contributed by atoms with Crippen molar-refractivity contribution in [2.75, 3.05) is 25.2 Å². The zero-order chi connectivity index (χ0) is 13.5. The third-order valence-corrected chi connectivity index (χ3v) is 3.97. The molecular weight excluding hydrogens is 254 g/mol. The van der Waals surface area contributed by atoms with Gasteiger partial charge in [-0.3, -0.25) is 4.79 Å². The van der Waals surface area contributed by atoms with Crippen LogP contribution in [0.5, 0.6) is 0 Å². The predicted molar refractivity (Wildman–Crippen MR) is 70.4 cm³/mol. The normalized spacial score (nSPS) is 23.2. The lowest BCUT2D eigenvalue weighted by Crippen LogP contribution is -2.42. The van der Waals surface area contributed by atoms with Crippen LogP contribution in [0.2, 0.25) is 0 Å². The Bertz CT molecular complexity index is 298. The van der Waals surface area contributed by atoms with Crippen molar-refractivity contribution in [2.24, 2.45) is 0 Å². The molecule has 0 aromatic heterocycles. The van der Waals surface area contributed by atoms with E-state index in [4.69, 9.17) is 0 Å². The lowest BCUT2D eigenvalue weighted by atomic mass is 10.2. The summed E-state index contributed by atoms with van der Waals surface area (Å²) in [6.45, 7) is 2.33. The van der Waals surface area contributed by atoms with Crippen molar-refractivity contribution in [3.05, 3.63) is 0 Å². The topological polar surface area (TPSA) is 66.8 Å². The summed E-state index contributed by atoms with van der Waals surface area (Å²) >= 11 is 1.57. The van der Waals surface area contributed by atoms with Crippen LogP contribution in [0.4, 0.5) is 0 Å². The van der Waals surface area contributed by atoms with Crippen LogP contribution in [-0.2, 0) is 14.3 Å². The van der Waals surface area contributed by atoms with Crippen LogP contribution in [-0.4, -0.2) is 59.2 Å². The number of hydrogen-bond acceptors (Lipinski definition) is 5. The Morgan fingerprint density at radius 2 is 2.22 bits per heavy atom. The average molecular weight is 275 g/mol. The molecule has 0 bridgehead atoms. The molecule has 1 N–H and O–H groups in total. The van der Waals surface area contributed by atoms with E-state index in [-0.39, 0.29) is 18.9 Å². The van der Waals surface area contributed by atoms with Crippen molar-refractivity contribution in [1.82, 2.24) is 4.90 Å². The van der Waals surface area contributed by atoms with Crippen LogP contribution >= 0.6 is 11.8 Å². The first-order valence-electron chi connectivity index (χ1n) is 6.23. The minimum atomic E-state index is -0.626. The molecule has 5 nitrogen and oxygen atoms in total. The highest BCUT2D eigenvalue weighted by molar-refractivity contribution is 7.99. The number of hydrogen-bond donors (Lipinski definition) is 1. The number of carbonyl (C=O) groups excluding carboxylic acids is 2. The summed E-state index contributed by atoms with van der Waals surface area (Å²) in [4.78, 5) is 24.9. The molecule has 1 rings (SSSR count). The van der Waals surface area contributed by atoms with Gasteiger partial charge in [-0.25, -0.2) is 4.79 Å². The van der Waals surface area contributed by atoms with E-state index in [1.54, 1.807) is 11.8 Å². The van der Waals surface area contributed by atoms with Crippen LogP contribution in [0.15, 0.2) is 0 Å². The number of esters is 1. The van der Waals surface area contributed by atoms with E-state index in [1.807, 2.05) is 0 Å². The fourth-order valence-electron chi connectivity index (χ4n) is 1.94. The van der Waals surface area contributed by atoms with Crippen LogP contribution < -0.4 is 0 Å². The smallest absolute Gasteiger partial charge is 0.328 e. The Morgan fingerprint density at radius 3 is 2.83 bits per heavy atom. The Hall–Kier alpha value is -0.750. The molecule has 1 aliphatic rings. The number of aliphatic hydroxyl groups excluding tert-OH is 1. The fraction of sp³-hybridized carbons (Fsp3) is 0.833. The first kappa shape index (κ1) is 15.3. The Labute approximate surface area is 112 Å². The van der Waals surface area contributed by atoms with Crippen molar-refractivity contribution in [1.29, 1.82) is 0 Å². The first-order chi connectivity index (χ1) is 8.60. The second-order valence-corrected chi connectivity index (χ2v) is 5.49. The van der Waals surface area contributed by atoms with E-state index >= 15 is 0 Å². The molecule has 0 aromatic rings. The van der Waals surface area contributed by atoms with Crippen LogP contribution in [0.3, 0.4) is 0 Å². The molecule has 0 aromatic carbocycles. The molecule has 1 amide bonds. The molecule has 1 heterocycles. The van der Waals surface area contributed by atoms with E-state index in [0.717, 1.165) is 18.6 Å². The number of likely N-dealkylation sites (tertiary alicyclic amines) is 1. The zero-order valence-corrected chi connectivity index (χ0v) is 11.7. The highest BCUT2D eigenvalue weighted by atomic mass is 32.2. The lowest BCUT2D eigenvalue weighted by Gasteiger charge is -2.22. The summed E-state index contributed by atoms with van der Waals surface area (Å²) in [6.07, 6.45) is 1.84. The number of unbranched alkanes of at least 4 members (excludes halogenated alkanes) is 1. The van der Waals surface area contributed by atoms with Gasteiger partial charge in [0.15, 0.2) is 0 Å². The molecule has 2 unspecified atom stereocenters. The second-order valence-electron chi connectivity index (χ2n) is 4.38. The molecule has 2 atom stereocenters. The predicted octanol–water partition coefficient (Wildman–Crippen LogP) is 0.654. The minimum Gasteiger partial charge on any atom is -0.467 e. The van der Waals surface area contributed by atoms with Crippen molar-refractivity contribution < 1.29 is 19.4 Å². The molecular formula is C12H21NO4S. The van der Waals surface area contributed by atoms with E-state index in [0.29, 0.717) is 5.75 Å². The fourth-order valence-corrected chi connectivity index (χ4v) is 2.92. The number of nitrogens with zero attached hydrogens (tertiary/aromatic N) is 1. The maximum atomic E-state index is 12.0. The molecule has 104 valence electrons. The first-order valence-corrected chi connectivity index (χ1v) is 7.38. The molecule has 0 spiro atoms. The summed E-state index contributed by atoms with van der Waals surface area (Å²) in [5.41, 5.74) is 0. The number of β-amino-alcohol motifs (C(OH)–C–C–N with tert-alkyl or cyclic N) is 1. The molecule has 1 aliphatic heterocycles. The van der Waals surface area contributed by atoms with Gasteiger partial charge in [0.1, 0.15) is 6.04 Å². The molecule has 0 aliphatic carbocycles. The number of rotatable bonds is 6. The summed E-state index contributed by atoms with van der Waals surface area (Å²) in [6, 6.07) is -0.621. The number of carbonyl (C=O) groups is 2. The van der Waals surface area contributed by atoms with Gasteiger partial charge in [0, 0.05) is 13.0 Å². The average Bonchev–Trinajstić information content (AvgIpc) is 2.75. The number of ether oxygens (including phenoxy) is 1. The van der Waals surface area contributed by atoms with E-state index < -0.39 is 18.1 Å². The maximum Gasteiger partial charge on any atom is 0.328 e. The van der Waals surface area contributed by atoms with Gasteiger partial charge in [-0.1, -0.05) is 13.3 Å². The monoisotopic (exact) mass is 275 g/mol. The van der Waals surface area contributed by atoms with Gasteiger partial charge in [-0.2, -0.15) is 11.8 Å². The highest BCUT2D eigenvalue weighted by Gasteiger charge is 2.39. The standard InChI is InChI=1S/C12H21NO4S/c1-3-4-5-18-8-11(15)13-7-9(14)6-10(13)12(16)17-2/h9-10,14H,3-8H2,1-2H3. The minimum absolute atomic E-state index is 0.0944. The third-order valence-electron chi connectivity index (χ3n) is 2.94. The van der Waals surface area contributed by atoms with Gasteiger partial charge >= 0.3 is 5.97 Å². The quantitative estimate of drug-likeness (QED) is 0.569. The van der Waals surface area contributed by atoms with Crippen molar-refractivity contribution >= 4 is 23.6 Å². The van der Waals surface area contributed by atoms with Crippen LogP contribution in [0.1, 0.15) is 26.2 Å². The third kappa shape index (κ3) is 4.17. The van der Waals surface area contributed by atoms with Crippen molar-refractivity contribution in [2.45, 2.75) is 38.3 Å². The Morgan fingerprint density at radius 1 is 1.50 bits per heavy atom. The van der Waals surface area contributed by atoms with Crippen molar-refractivity contribution in [3.63, 3.8) is 0 Å². The summed E-state index contributed by atoms with van der Waals surface area (Å²) < 4.78 is 4.66. The van der Waals surface area contributed by atoms with E-state index in [9.17, 15) is 14.7 Å². The van der Waals surface area contributed by atoms with Crippen molar-refractivity contribution in [3.8, 4) is 0 Å².